The van der Waals surface area contributed by atoms with Crippen LogP contribution in [0.2, 0.25) is 0 Å². The summed E-state index contributed by atoms with van der Waals surface area (Å²) in [5.74, 6) is 1.78. The van der Waals surface area contributed by atoms with Crippen molar-refractivity contribution in [2.45, 2.75) is 19.9 Å². The van der Waals surface area contributed by atoms with Crippen molar-refractivity contribution in [2.24, 2.45) is 0 Å². The van der Waals surface area contributed by atoms with Crippen LogP contribution in [0.4, 0.5) is 11.6 Å². The van der Waals surface area contributed by atoms with Crippen molar-refractivity contribution < 1.29 is 9.21 Å². The molecule has 0 bridgehead atoms. The number of rotatable bonds is 3. The number of anilines is 2. The van der Waals surface area contributed by atoms with E-state index in [4.69, 9.17) is 4.42 Å². The van der Waals surface area contributed by atoms with Crippen LogP contribution in [0.3, 0.4) is 0 Å². The van der Waals surface area contributed by atoms with Gasteiger partial charge in [0.05, 0.1) is 5.57 Å². The third kappa shape index (κ3) is 2.69. The fourth-order valence-electron chi connectivity index (χ4n) is 2.97. The van der Waals surface area contributed by atoms with Crippen molar-refractivity contribution in [3.8, 4) is 0 Å². The first kappa shape index (κ1) is 15.2. The van der Waals surface area contributed by atoms with E-state index in [0.717, 1.165) is 11.4 Å². The molecule has 0 saturated carbocycles. The van der Waals surface area contributed by atoms with Crippen LogP contribution in [0.5, 0.6) is 0 Å². The molecule has 3 aromatic rings. The molecule has 2 aromatic heterocycles. The molecule has 7 heteroatoms. The Balaban J connectivity index is 1.76. The minimum Gasteiger partial charge on any atom is -0.464 e. The van der Waals surface area contributed by atoms with Gasteiger partial charge in [0.1, 0.15) is 23.9 Å². The van der Waals surface area contributed by atoms with Crippen LogP contribution in [-0.2, 0) is 4.79 Å². The first-order valence-electron chi connectivity index (χ1n) is 7.93. The molecule has 1 aliphatic rings. The molecule has 3 heterocycles. The third-order valence-corrected chi connectivity index (χ3v) is 4.10. The molecular formula is C18H17N5O2. The lowest BCUT2D eigenvalue weighted by Crippen LogP contribution is -2.31. The standard InChI is InChI=1S/C18H17N5O2/c1-11-8-9-14(25-11)16-15(12(2)21-18-19-10-20-23(16)18)17(24)22-13-6-4-3-5-7-13/h3-10,16H,1-2H3,(H,22,24)(H,19,20,21)/t16-/m0/s1. The van der Waals surface area contributed by atoms with Gasteiger partial charge in [-0.1, -0.05) is 18.2 Å². The molecule has 25 heavy (non-hydrogen) atoms. The van der Waals surface area contributed by atoms with E-state index in [1.54, 1.807) is 4.68 Å². The summed E-state index contributed by atoms with van der Waals surface area (Å²) in [7, 11) is 0. The molecule has 2 N–H and O–H groups in total. The van der Waals surface area contributed by atoms with Crippen molar-refractivity contribution in [1.82, 2.24) is 14.8 Å². The second-order valence-electron chi connectivity index (χ2n) is 5.86. The number of aryl methyl sites for hydroxylation is 1. The molecule has 1 aliphatic heterocycles. The molecule has 1 amide bonds. The van der Waals surface area contributed by atoms with Crippen LogP contribution in [0, 0.1) is 6.92 Å². The lowest BCUT2D eigenvalue weighted by atomic mass is 10.00. The van der Waals surface area contributed by atoms with Crippen molar-refractivity contribution in [3.05, 3.63) is 71.6 Å². The van der Waals surface area contributed by atoms with Gasteiger partial charge in [-0.25, -0.2) is 4.68 Å². The average molecular weight is 335 g/mol. The van der Waals surface area contributed by atoms with Crippen LogP contribution >= 0.6 is 0 Å². The second kappa shape index (κ2) is 5.94. The molecule has 4 rings (SSSR count). The van der Waals surface area contributed by atoms with E-state index in [1.807, 2.05) is 56.3 Å². The summed E-state index contributed by atoms with van der Waals surface area (Å²) >= 11 is 0. The molecule has 0 radical (unpaired) electrons. The highest BCUT2D eigenvalue weighted by Crippen LogP contribution is 2.35. The van der Waals surface area contributed by atoms with Crippen molar-refractivity contribution in [2.75, 3.05) is 10.6 Å². The summed E-state index contributed by atoms with van der Waals surface area (Å²) < 4.78 is 7.46. The van der Waals surface area contributed by atoms with E-state index in [9.17, 15) is 4.79 Å². The molecule has 0 saturated heterocycles. The summed E-state index contributed by atoms with van der Waals surface area (Å²) in [6.07, 6.45) is 1.45. The molecule has 0 fully saturated rings. The zero-order chi connectivity index (χ0) is 17.4. The highest BCUT2D eigenvalue weighted by atomic mass is 16.3. The zero-order valence-corrected chi connectivity index (χ0v) is 13.9. The highest BCUT2D eigenvalue weighted by Gasteiger charge is 2.35. The van der Waals surface area contributed by atoms with E-state index in [2.05, 4.69) is 20.7 Å². The summed E-state index contributed by atoms with van der Waals surface area (Å²) in [5, 5.41) is 10.3. The van der Waals surface area contributed by atoms with Crippen LogP contribution in [0.25, 0.3) is 0 Å². The smallest absolute Gasteiger partial charge is 0.256 e. The van der Waals surface area contributed by atoms with Crippen molar-refractivity contribution in [3.63, 3.8) is 0 Å². The fraction of sp³-hybridized carbons (Fsp3) is 0.167. The maximum atomic E-state index is 13.0. The number of carbonyl (C=O) groups is 1. The maximum absolute atomic E-state index is 13.0. The predicted molar refractivity (Wildman–Crippen MR) is 93.0 cm³/mol. The van der Waals surface area contributed by atoms with Gasteiger partial charge in [-0.05, 0) is 38.1 Å². The Kier molecular flexibility index (Phi) is 3.61. The number of nitrogens with zero attached hydrogens (tertiary/aromatic N) is 3. The topological polar surface area (TPSA) is 85.0 Å². The van der Waals surface area contributed by atoms with Crippen LogP contribution < -0.4 is 10.6 Å². The molecule has 0 unspecified atom stereocenters. The summed E-state index contributed by atoms with van der Waals surface area (Å²) in [6.45, 7) is 3.72. The number of carbonyl (C=O) groups excluding carboxylic acids is 1. The van der Waals surface area contributed by atoms with Gasteiger partial charge in [0.2, 0.25) is 5.95 Å². The van der Waals surface area contributed by atoms with Gasteiger partial charge in [-0.2, -0.15) is 10.1 Å². The minimum atomic E-state index is -0.476. The van der Waals surface area contributed by atoms with Gasteiger partial charge >= 0.3 is 0 Å². The Morgan fingerprint density at radius 1 is 1.20 bits per heavy atom. The van der Waals surface area contributed by atoms with E-state index in [1.165, 1.54) is 6.33 Å². The van der Waals surface area contributed by atoms with Gasteiger partial charge in [-0.15, -0.1) is 0 Å². The quantitative estimate of drug-likeness (QED) is 0.768. The number of benzene rings is 1. The summed E-state index contributed by atoms with van der Waals surface area (Å²) in [4.78, 5) is 17.2. The van der Waals surface area contributed by atoms with Crippen molar-refractivity contribution >= 4 is 17.5 Å². The van der Waals surface area contributed by atoms with Crippen LogP contribution in [0.1, 0.15) is 24.5 Å². The van der Waals surface area contributed by atoms with E-state index >= 15 is 0 Å². The third-order valence-electron chi connectivity index (χ3n) is 4.10. The number of furan rings is 1. The lowest BCUT2D eigenvalue weighted by Gasteiger charge is -2.27. The van der Waals surface area contributed by atoms with Crippen molar-refractivity contribution in [1.29, 1.82) is 0 Å². The first-order valence-corrected chi connectivity index (χ1v) is 7.93. The lowest BCUT2D eigenvalue weighted by molar-refractivity contribution is -0.113. The molecule has 0 spiro atoms. The van der Waals surface area contributed by atoms with E-state index < -0.39 is 6.04 Å². The number of nitrogens with one attached hydrogen (secondary N) is 2. The molecule has 0 aliphatic carbocycles. The Bertz CT molecular complexity index is 955. The summed E-state index contributed by atoms with van der Waals surface area (Å²) in [5.41, 5.74) is 1.98. The first-order chi connectivity index (χ1) is 12.1. The molecule has 7 nitrogen and oxygen atoms in total. The minimum absolute atomic E-state index is 0.212. The number of aromatic nitrogens is 3. The molecule has 1 atom stereocenters. The van der Waals surface area contributed by atoms with E-state index in [0.29, 0.717) is 23.0 Å². The SMILES string of the molecule is CC1=C(C(=O)Nc2ccccc2)[C@H](c2ccc(C)o2)n2ncnc2N1. The Morgan fingerprint density at radius 2 is 2.00 bits per heavy atom. The second-order valence-corrected chi connectivity index (χ2v) is 5.86. The number of para-hydroxylation sites is 1. The Morgan fingerprint density at radius 3 is 2.72 bits per heavy atom. The molecule has 1 aromatic carbocycles. The van der Waals surface area contributed by atoms with E-state index in [-0.39, 0.29) is 5.91 Å². The average Bonchev–Trinajstić information content (AvgIpc) is 3.23. The molecular weight excluding hydrogens is 318 g/mol. The van der Waals surface area contributed by atoms with Gasteiger partial charge < -0.3 is 15.1 Å². The Hall–Kier alpha value is -3.35. The maximum Gasteiger partial charge on any atom is 0.256 e. The van der Waals surface area contributed by atoms with Gasteiger partial charge in [0, 0.05) is 11.4 Å². The van der Waals surface area contributed by atoms with Gasteiger partial charge in [0.25, 0.3) is 5.91 Å². The van der Waals surface area contributed by atoms with Gasteiger partial charge in [0.15, 0.2) is 0 Å². The summed E-state index contributed by atoms with van der Waals surface area (Å²) in [6, 6.07) is 12.6. The number of allylic oxidation sites excluding steroid dienone is 1. The monoisotopic (exact) mass is 335 g/mol. The number of hydrogen-bond acceptors (Lipinski definition) is 5. The zero-order valence-electron chi connectivity index (χ0n) is 13.9. The number of amides is 1. The van der Waals surface area contributed by atoms with Crippen LogP contribution in [0.15, 0.2) is 64.5 Å². The van der Waals surface area contributed by atoms with Crippen LogP contribution in [-0.4, -0.2) is 20.7 Å². The highest BCUT2D eigenvalue weighted by molar-refractivity contribution is 6.05. The largest absolute Gasteiger partial charge is 0.464 e. The molecule has 126 valence electrons. The predicted octanol–water partition coefficient (Wildman–Crippen LogP) is 3.11. The fourth-order valence-corrected chi connectivity index (χ4v) is 2.97. The Labute approximate surface area is 144 Å². The number of hydrogen-bond donors (Lipinski definition) is 2. The normalized spacial score (nSPS) is 16.3. The number of fused-ring (bicyclic) bond motifs is 1. The van der Waals surface area contributed by atoms with Gasteiger partial charge in [-0.3, -0.25) is 4.79 Å².